The molecule has 2 amide bonds. The Hall–Kier alpha value is -4.16. The van der Waals surface area contributed by atoms with E-state index in [1.165, 1.54) is 0 Å². The molecule has 5 rings (SSSR count). The number of nitrogens with zero attached hydrogens (tertiary/aromatic N) is 2. The third-order valence-corrected chi connectivity index (χ3v) is 9.51. The third kappa shape index (κ3) is 10.4. The maximum absolute atomic E-state index is 12.5. The maximum Gasteiger partial charge on any atom is 0.224 e. The summed E-state index contributed by atoms with van der Waals surface area (Å²) in [4.78, 5) is 29.1. The van der Waals surface area contributed by atoms with Crippen molar-refractivity contribution in [2.75, 3.05) is 16.8 Å². The van der Waals surface area contributed by atoms with Crippen molar-refractivity contribution in [1.29, 1.82) is 0 Å². The Morgan fingerprint density at radius 3 is 2.29 bits per heavy atom. The first-order valence-electron chi connectivity index (χ1n) is 16.5. The Bertz CT molecular complexity index is 1610. The minimum atomic E-state index is -0.542. The predicted molar refractivity (Wildman–Crippen MR) is 188 cm³/mol. The van der Waals surface area contributed by atoms with Gasteiger partial charge in [-0.25, -0.2) is 4.98 Å². The molecule has 2 heterocycles. The molecule has 3 aromatic carbocycles. The van der Waals surface area contributed by atoms with E-state index in [2.05, 4.69) is 15.6 Å². The number of nitrogen functional groups attached to an aromatic ring is 1. The number of anilines is 2. The molecule has 0 saturated carbocycles. The number of hydrogen-bond donors (Lipinski definition) is 4. The molecule has 1 aromatic heterocycles. The van der Waals surface area contributed by atoms with Crippen LogP contribution in [0, 0.1) is 0 Å². The molecule has 0 bridgehead atoms. The van der Waals surface area contributed by atoms with Gasteiger partial charge in [0.15, 0.2) is 11.4 Å². The van der Waals surface area contributed by atoms with Gasteiger partial charge in [-0.15, -0.1) is 0 Å². The number of carbonyl (C=O) groups is 2. The van der Waals surface area contributed by atoms with Gasteiger partial charge in [-0.2, -0.15) is 0 Å². The lowest BCUT2D eigenvalue weighted by molar-refractivity contribution is -0.245. The number of aliphatic hydroxyl groups excluding tert-OH is 1. The standard InChI is InChI=1S/C37H45N5O5S/c1-42-21-20-39-37(42)48-25-30-22-33(28-16-14-27(24-43)15-17-28)47-36(46-30)29-18-12-26(13-19-29)23-40-34(44)10-4-2-3-5-11-35(45)41-32-9-7-6-8-31(32)38/h6-9,12-21,30,33,36,43H,2-5,10-11,22-25,38H2,1H3,(H,40,44)(H,41,45)/t30-,33+,36+/m1/s1. The summed E-state index contributed by atoms with van der Waals surface area (Å²) < 4.78 is 14.9. The minimum absolute atomic E-state index is 0.00125. The number of nitrogens with two attached hydrogens (primary N) is 1. The lowest BCUT2D eigenvalue weighted by Crippen LogP contribution is -2.31. The van der Waals surface area contributed by atoms with Crippen LogP contribution < -0.4 is 16.4 Å². The second kappa shape index (κ2) is 17.8. The van der Waals surface area contributed by atoms with Gasteiger partial charge in [0.05, 0.1) is 30.2 Å². The summed E-state index contributed by atoms with van der Waals surface area (Å²) in [5.41, 5.74) is 10.9. The zero-order valence-electron chi connectivity index (χ0n) is 27.3. The van der Waals surface area contributed by atoms with Crippen LogP contribution in [0.4, 0.5) is 11.4 Å². The normalized spacial score (nSPS) is 17.6. The molecule has 0 spiro atoms. The molecule has 1 aliphatic rings. The second-order valence-electron chi connectivity index (χ2n) is 12.0. The fourth-order valence-electron chi connectivity index (χ4n) is 5.51. The minimum Gasteiger partial charge on any atom is -0.397 e. The van der Waals surface area contributed by atoms with E-state index in [0.717, 1.165) is 58.8 Å². The van der Waals surface area contributed by atoms with Gasteiger partial charge in [0, 0.05) is 56.6 Å². The van der Waals surface area contributed by atoms with Crippen LogP contribution in [-0.2, 0) is 39.3 Å². The van der Waals surface area contributed by atoms with E-state index in [4.69, 9.17) is 15.2 Å². The van der Waals surface area contributed by atoms with E-state index in [-0.39, 0.29) is 30.6 Å². The van der Waals surface area contributed by atoms with E-state index in [1.807, 2.05) is 78.5 Å². The monoisotopic (exact) mass is 671 g/mol. The van der Waals surface area contributed by atoms with Crippen molar-refractivity contribution in [3.8, 4) is 0 Å². The third-order valence-electron chi connectivity index (χ3n) is 8.32. The van der Waals surface area contributed by atoms with Gasteiger partial charge in [-0.05, 0) is 41.7 Å². The molecular formula is C37H45N5O5S. The number of para-hydroxylation sites is 2. The number of ether oxygens (including phenoxy) is 2. The van der Waals surface area contributed by atoms with Gasteiger partial charge in [0.1, 0.15) is 0 Å². The summed E-state index contributed by atoms with van der Waals surface area (Å²) in [5, 5.41) is 16.3. The first-order valence-corrected chi connectivity index (χ1v) is 17.5. The van der Waals surface area contributed by atoms with Gasteiger partial charge >= 0.3 is 0 Å². The van der Waals surface area contributed by atoms with Crippen LogP contribution >= 0.6 is 11.8 Å². The molecule has 1 aliphatic heterocycles. The van der Waals surface area contributed by atoms with Gasteiger partial charge in [0.25, 0.3) is 0 Å². The number of benzene rings is 3. The zero-order valence-corrected chi connectivity index (χ0v) is 28.2. The van der Waals surface area contributed by atoms with Gasteiger partial charge in [0.2, 0.25) is 11.8 Å². The Morgan fingerprint density at radius 1 is 0.917 bits per heavy atom. The number of aromatic nitrogens is 2. The number of aliphatic hydroxyl groups is 1. The largest absolute Gasteiger partial charge is 0.397 e. The molecular weight excluding hydrogens is 627 g/mol. The lowest BCUT2D eigenvalue weighted by Gasteiger charge is -2.36. The highest BCUT2D eigenvalue weighted by Gasteiger charge is 2.32. The number of rotatable bonds is 16. The number of amides is 2. The number of aryl methyl sites for hydroxylation is 1. The first-order chi connectivity index (χ1) is 23.4. The Kier molecular flexibility index (Phi) is 13.1. The average Bonchev–Trinajstić information content (AvgIpc) is 3.53. The summed E-state index contributed by atoms with van der Waals surface area (Å²) in [7, 11) is 1.98. The van der Waals surface area contributed by atoms with E-state index in [1.54, 1.807) is 30.1 Å². The van der Waals surface area contributed by atoms with Gasteiger partial charge < -0.3 is 35.5 Å². The van der Waals surface area contributed by atoms with Crippen molar-refractivity contribution in [2.45, 2.75) is 81.8 Å². The molecule has 1 fully saturated rings. The summed E-state index contributed by atoms with van der Waals surface area (Å²) in [5.74, 6) is 0.698. The number of nitrogens with one attached hydrogen (secondary N) is 2. The van der Waals surface area contributed by atoms with Crippen molar-refractivity contribution in [2.24, 2.45) is 7.05 Å². The number of imidazole rings is 1. The molecule has 4 aromatic rings. The Morgan fingerprint density at radius 2 is 1.60 bits per heavy atom. The Balaban J connectivity index is 1.05. The van der Waals surface area contributed by atoms with Crippen LogP contribution in [0.2, 0.25) is 0 Å². The topological polar surface area (TPSA) is 141 Å². The molecule has 5 N–H and O–H groups in total. The molecule has 48 heavy (non-hydrogen) atoms. The molecule has 254 valence electrons. The van der Waals surface area contributed by atoms with E-state index in [9.17, 15) is 14.7 Å². The highest BCUT2D eigenvalue weighted by molar-refractivity contribution is 7.99. The fourth-order valence-corrected chi connectivity index (χ4v) is 6.46. The van der Waals surface area contributed by atoms with Crippen molar-refractivity contribution < 1.29 is 24.2 Å². The molecule has 0 aliphatic carbocycles. The molecule has 3 atom stereocenters. The van der Waals surface area contributed by atoms with Crippen molar-refractivity contribution in [3.63, 3.8) is 0 Å². The van der Waals surface area contributed by atoms with E-state index >= 15 is 0 Å². The van der Waals surface area contributed by atoms with Gasteiger partial charge in [-0.1, -0.05) is 85.3 Å². The molecule has 0 radical (unpaired) electrons. The smallest absolute Gasteiger partial charge is 0.224 e. The highest BCUT2D eigenvalue weighted by atomic mass is 32.2. The number of thioether (sulfide) groups is 1. The van der Waals surface area contributed by atoms with Crippen molar-refractivity contribution in [3.05, 3.63) is 107 Å². The van der Waals surface area contributed by atoms with Crippen LogP contribution in [0.15, 0.2) is 90.3 Å². The zero-order chi connectivity index (χ0) is 33.7. The molecule has 11 heteroatoms. The maximum atomic E-state index is 12.5. The molecule has 1 saturated heterocycles. The summed E-state index contributed by atoms with van der Waals surface area (Å²) >= 11 is 1.66. The quantitative estimate of drug-likeness (QED) is 0.0607. The molecule has 10 nitrogen and oxygen atoms in total. The summed E-state index contributed by atoms with van der Waals surface area (Å²) in [6.45, 7) is 0.443. The van der Waals surface area contributed by atoms with E-state index < -0.39 is 6.29 Å². The molecule has 0 unspecified atom stereocenters. The number of hydrogen-bond acceptors (Lipinski definition) is 8. The van der Waals surface area contributed by atoms with Crippen LogP contribution in [0.25, 0.3) is 0 Å². The van der Waals surface area contributed by atoms with Crippen molar-refractivity contribution in [1.82, 2.24) is 14.9 Å². The van der Waals surface area contributed by atoms with E-state index in [0.29, 0.717) is 37.2 Å². The predicted octanol–water partition coefficient (Wildman–Crippen LogP) is 6.43. The Labute approximate surface area is 286 Å². The highest BCUT2D eigenvalue weighted by Crippen LogP contribution is 2.39. The van der Waals surface area contributed by atoms with Crippen LogP contribution in [0.3, 0.4) is 0 Å². The van der Waals surface area contributed by atoms with Crippen LogP contribution in [0.5, 0.6) is 0 Å². The van der Waals surface area contributed by atoms with Crippen molar-refractivity contribution >= 4 is 35.0 Å². The summed E-state index contributed by atoms with van der Waals surface area (Å²) in [6.07, 6.45) is 7.86. The lowest BCUT2D eigenvalue weighted by atomic mass is 10.0. The fraction of sp³-hybridized carbons (Fsp3) is 0.378. The first kappa shape index (κ1) is 35.2. The summed E-state index contributed by atoms with van der Waals surface area (Å²) in [6, 6.07) is 23.1. The average molecular weight is 672 g/mol. The second-order valence-corrected chi connectivity index (χ2v) is 13.0. The number of unbranched alkanes of at least 4 members (excludes halogenated alkanes) is 3. The van der Waals surface area contributed by atoms with Gasteiger partial charge in [-0.3, -0.25) is 9.59 Å². The van der Waals surface area contributed by atoms with Crippen LogP contribution in [-0.4, -0.2) is 38.3 Å². The van der Waals surface area contributed by atoms with Crippen LogP contribution in [0.1, 0.15) is 79.6 Å². The SMILES string of the molecule is Cn1ccnc1SC[C@H]1C[C@@H](c2ccc(CO)cc2)O[C@@H](c2ccc(CNC(=O)CCCCCCC(=O)Nc3ccccc3N)cc2)O1. The number of carbonyl (C=O) groups excluding carboxylic acids is 2.